The number of aliphatic hydroxyl groups excluding tert-OH is 1. The summed E-state index contributed by atoms with van der Waals surface area (Å²) >= 11 is 1.59. The molecule has 0 spiro atoms. The first-order chi connectivity index (χ1) is 8.72. The minimum absolute atomic E-state index is 0.0299. The molecule has 2 heterocycles. The molecule has 0 unspecified atom stereocenters. The van der Waals surface area contributed by atoms with Gasteiger partial charge in [-0.1, -0.05) is 11.8 Å². The van der Waals surface area contributed by atoms with Gasteiger partial charge in [0, 0.05) is 36.3 Å². The van der Waals surface area contributed by atoms with Gasteiger partial charge in [-0.3, -0.25) is 4.57 Å². The second-order valence-electron chi connectivity index (χ2n) is 3.85. The van der Waals surface area contributed by atoms with Gasteiger partial charge in [0.05, 0.1) is 13.2 Å². The van der Waals surface area contributed by atoms with Gasteiger partial charge in [-0.2, -0.15) is 0 Å². The molecule has 4 nitrogen and oxygen atoms in total. The highest BCUT2D eigenvalue weighted by Crippen LogP contribution is 2.16. The molecule has 2 aromatic heterocycles. The summed E-state index contributed by atoms with van der Waals surface area (Å²) < 4.78 is 3.20. The molecule has 0 aliphatic heterocycles. The van der Waals surface area contributed by atoms with Crippen molar-refractivity contribution in [2.24, 2.45) is 7.05 Å². The molecule has 2 rings (SSSR count). The molecule has 0 aliphatic rings. The third-order valence-electron chi connectivity index (χ3n) is 2.54. The first-order valence-corrected chi connectivity index (χ1v) is 6.48. The largest absolute Gasteiger partial charge is 0.395 e. The molecule has 0 fully saturated rings. The lowest BCUT2D eigenvalue weighted by atomic mass is 10.2. The summed E-state index contributed by atoms with van der Waals surface area (Å²) in [5, 5.41) is 10.7. The predicted molar refractivity (Wildman–Crippen MR) is 71.7 cm³/mol. The third kappa shape index (κ3) is 2.73. The average Bonchev–Trinajstić information content (AvgIpc) is 2.92. The monoisotopic (exact) mass is 262 g/mol. The highest BCUT2D eigenvalue weighted by molar-refractivity contribution is 7.10. The Kier molecular flexibility index (Phi) is 4.03. The van der Waals surface area contributed by atoms with E-state index in [1.54, 1.807) is 39.9 Å². The lowest BCUT2D eigenvalue weighted by Crippen LogP contribution is -2.22. The summed E-state index contributed by atoms with van der Waals surface area (Å²) in [6, 6.07) is 1.94. The van der Waals surface area contributed by atoms with E-state index in [1.807, 2.05) is 11.4 Å². The molecular formula is C13H14N2O2S. The molecule has 0 aliphatic carbocycles. The SMILES string of the molecule is Cn1ccn(Cc2sccc2C#CCCO)c1=O. The van der Waals surface area contributed by atoms with Gasteiger partial charge in [-0.05, 0) is 11.4 Å². The fraction of sp³-hybridized carbons (Fsp3) is 0.308. The lowest BCUT2D eigenvalue weighted by Gasteiger charge is -1.99. The number of hydrogen-bond donors (Lipinski definition) is 1. The molecule has 0 atom stereocenters. The fourth-order valence-corrected chi connectivity index (χ4v) is 2.40. The zero-order chi connectivity index (χ0) is 13.0. The van der Waals surface area contributed by atoms with Crippen molar-refractivity contribution in [3.8, 4) is 11.8 Å². The van der Waals surface area contributed by atoms with Crippen LogP contribution in [0, 0.1) is 11.8 Å². The van der Waals surface area contributed by atoms with Gasteiger partial charge in [0.25, 0.3) is 0 Å². The van der Waals surface area contributed by atoms with E-state index in [4.69, 9.17) is 5.11 Å². The summed E-state index contributed by atoms with van der Waals surface area (Å²) in [6.07, 6.45) is 3.99. The van der Waals surface area contributed by atoms with Crippen molar-refractivity contribution in [1.29, 1.82) is 0 Å². The Hall–Kier alpha value is -1.77. The normalized spacial score (nSPS) is 10.1. The van der Waals surface area contributed by atoms with Crippen molar-refractivity contribution in [2.75, 3.05) is 6.61 Å². The van der Waals surface area contributed by atoms with Gasteiger partial charge in [0.15, 0.2) is 0 Å². The van der Waals surface area contributed by atoms with Crippen LogP contribution in [0.1, 0.15) is 16.9 Å². The smallest absolute Gasteiger partial charge is 0.328 e. The first kappa shape index (κ1) is 12.7. The molecule has 0 saturated heterocycles. The molecular weight excluding hydrogens is 248 g/mol. The molecule has 5 heteroatoms. The van der Waals surface area contributed by atoms with Crippen LogP contribution in [0.2, 0.25) is 0 Å². The predicted octanol–water partition coefficient (Wildman–Crippen LogP) is 1.03. The molecule has 18 heavy (non-hydrogen) atoms. The van der Waals surface area contributed by atoms with Crippen molar-refractivity contribution in [3.05, 3.63) is 44.8 Å². The second kappa shape index (κ2) is 5.71. The maximum absolute atomic E-state index is 11.7. The van der Waals surface area contributed by atoms with Crippen LogP contribution >= 0.6 is 11.3 Å². The minimum Gasteiger partial charge on any atom is -0.395 e. The Morgan fingerprint density at radius 3 is 2.94 bits per heavy atom. The van der Waals surface area contributed by atoms with Crippen molar-refractivity contribution >= 4 is 11.3 Å². The van der Waals surface area contributed by atoms with E-state index >= 15 is 0 Å². The van der Waals surface area contributed by atoms with E-state index < -0.39 is 0 Å². The summed E-state index contributed by atoms with van der Waals surface area (Å²) in [5.41, 5.74) is 0.905. The Balaban J connectivity index is 2.21. The second-order valence-corrected chi connectivity index (χ2v) is 4.85. The lowest BCUT2D eigenvalue weighted by molar-refractivity contribution is 0.305. The van der Waals surface area contributed by atoms with Gasteiger partial charge in [-0.15, -0.1) is 11.3 Å². The fourth-order valence-electron chi connectivity index (χ4n) is 1.57. The molecule has 0 bridgehead atoms. The molecule has 1 N–H and O–H groups in total. The molecule has 0 aromatic carbocycles. The summed E-state index contributed by atoms with van der Waals surface area (Å²) in [4.78, 5) is 12.8. The van der Waals surface area contributed by atoms with E-state index in [1.165, 1.54) is 0 Å². The quantitative estimate of drug-likeness (QED) is 0.840. The molecule has 2 aromatic rings. The number of aliphatic hydroxyl groups is 1. The van der Waals surface area contributed by atoms with Crippen LogP contribution in [0.5, 0.6) is 0 Å². The van der Waals surface area contributed by atoms with Crippen LogP contribution in [0.25, 0.3) is 0 Å². The van der Waals surface area contributed by atoms with E-state index in [9.17, 15) is 4.79 Å². The standard InChI is InChI=1S/C13H14N2O2S/c1-14-6-7-15(13(14)17)10-12-11(5-9-18-12)4-2-3-8-16/h5-7,9,16H,3,8,10H2,1H3. The number of thiophene rings is 1. The van der Waals surface area contributed by atoms with Gasteiger partial charge in [-0.25, -0.2) is 4.79 Å². The number of rotatable bonds is 3. The number of hydrogen-bond acceptors (Lipinski definition) is 3. The van der Waals surface area contributed by atoms with Crippen LogP contribution in [0.3, 0.4) is 0 Å². The highest BCUT2D eigenvalue weighted by atomic mass is 32.1. The van der Waals surface area contributed by atoms with Gasteiger partial charge >= 0.3 is 5.69 Å². The van der Waals surface area contributed by atoms with Crippen LogP contribution in [0.15, 0.2) is 28.6 Å². The molecule has 0 radical (unpaired) electrons. The van der Waals surface area contributed by atoms with Crippen LogP contribution in [0.4, 0.5) is 0 Å². The van der Waals surface area contributed by atoms with Crippen LogP contribution in [-0.4, -0.2) is 20.8 Å². The number of aryl methyl sites for hydroxylation is 1. The van der Waals surface area contributed by atoms with E-state index in [0.717, 1.165) is 10.4 Å². The Bertz CT molecular complexity index is 640. The average molecular weight is 262 g/mol. The van der Waals surface area contributed by atoms with E-state index in [0.29, 0.717) is 13.0 Å². The Morgan fingerprint density at radius 1 is 1.44 bits per heavy atom. The maximum atomic E-state index is 11.7. The van der Waals surface area contributed by atoms with Crippen molar-refractivity contribution in [1.82, 2.24) is 9.13 Å². The van der Waals surface area contributed by atoms with Crippen molar-refractivity contribution in [2.45, 2.75) is 13.0 Å². The van der Waals surface area contributed by atoms with Crippen molar-refractivity contribution < 1.29 is 5.11 Å². The van der Waals surface area contributed by atoms with Crippen LogP contribution in [-0.2, 0) is 13.6 Å². The topological polar surface area (TPSA) is 47.2 Å². The first-order valence-electron chi connectivity index (χ1n) is 5.60. The highest BCUT2D eigenvalue weighted by Gasteiger charge is 2.05. The molecule has 94 valence electrons. The van der Waals surface area contributed by atoms with Gasteiger partial charge in [0.2, 0.25) is 0 Å². The summed E-state index contributed by atoms with van der Waals surface area (Å²) in [6.45, 7) is 0.616. The molecule has 0 saturated carbocycles. The van der Waals surface area contributed by atoms with Gasteiger partial charge in [0.1, 0.15) is 0 Å². The number of nitrogens with zero attached hydrogens (tertiary/aromatic N) is 2. The zero-order valence-corrected chi connectivity index (χ0v) is 10.9. The summed E-state index contributed by atoms with van der Waals surface area (Å²) in [5.74, 6) is 5.92. The zero-order valence-electron chi connectivity index (χ0n) is 10.1. The number of aromatic nitrogens is 2. The maximum Gasteiger partial charge on any atom is 0.328 e. The Labute approximate surface area is 109 Å². The van der Waals surface area contributed by atoms with E-state index in [-0.39, 0.29) is 12.3 Å². The van der Waals surface area contributed by atoms with Crippen molar-refractivity contribution in [3.63, 3.8) is 0 Å². The Morgan fingerprint density at radius 2 is 2.28 bits per heavy atom. The number of imidazole rings is 1. The third-order valence-corrected chi connectivity index (χ3v) is 3.44. The van der Waals surface area contributed by atoms with E-state index in [2.05, 4.69) is 11.8 Å². The summed E-state index contributed by atoms with van der Waals surface area (Å²) in [7, 11) is 1.73. The minimum atomic E-state index is -0.0299. The van der Waals surface area contributed by atoms with Gasteiger partial charge < -0.3 is 9.67 Å². The molecule has 0 amide bonds. The van der Waals surface area contributed by atoms with Crippen LogP contribution < -0.4 is 5.69 Å².